The lowest BCUT2D eigenvalue weighted by Crippen LogP contribution is -2.39. The number of carbonyl (C=O) groups excluding carboxylic acids is 2. The van der Waals surface area contributed by atoms with Gasteiger partial charge in [-0.3, -0.25) is 9.59 Å². The van der Waals surface area contributed by atoms with Crippen molar-refractivity contribution < 1.29 is 23.5 Å². The minimum atomic E-state index is -0.500. The fraction of sp³-hybridized carbons (Fsp3) is 0.476. The molecule has 142 valence electrons. The Kier molecular flexibility index (Phi) is 4.72. The molecule has 0 radical (unpaired) electrons. The summed E-state index contributed by atoms with van der Waals surface area (Å²) >= 11 is 0. The van der Waals surface area contributed by atoms with Crippen LogP contribution in [-0.2, 0) is 20.9 Å². The van der Waals surface area contributed by atoms with E-state index in [0.29, 0.717) is 40.9 Å². The molecule has 2 bridgehead atoms. The van der Waals surface area contributed by atoms with Gasteiger partial charge >= 0.3 is 11.6 Å². The van der Waals surface area contributed by atoms with Gasteiger partial charge in [-0.2, -0.15) is 0 Å². The van der Waals surface area contributed by atoms with Crippen LogP contribution in [0.25, 0.3) is 11.0 Å². The SMILES string of the molecule is COc1ccc2c(COC(=O)C3C[C@H]4CCC[C@@H](C3)C4=O)cc(=O)oc2c1. The highest BCUT2D eigenvalue weighted by atomic mass is 16.5. The largest absolute Gasteiger partial charge is 0.497 e. The second-order valence-electron chi connectivity index (χ2n) is 7.46. The summed E-state index contributed by atoms with van der Waals surface area (Å²) in [5, 5.41) is 0.707. The van der Waals surface area contributed by atoms with Crippen molar-refractivity contribution in [3.05, 3.63) is 40.2 Å². The number of ketones is 1. The van der Waals surface area contributed by atoms with E-state index in [4.69, 9.17) is 13.9 Å². The summed E-state index contributed by atoms with van der Waals surface area (Å²) in [7, 11) is 1.54. The predicted octanol–water partition coefficient (Wildman–Crippen LogP) is 3.24. The van der Waals surface area contributed by atoms with Gasteiger partial charge in [0, 0.05) is 34.9 Å². The molecule has 2 aliphatic carbocycles. The number of ether oxygens (including phenoxy) is 2. The molecule has 2 saturated carbocycles. The van der Waals surface area contributed by atoms with Crippen LogP contribution in [0.4, 0.5) is 0 Å². The van der Waals surface area contributed by atoms with Crippen molar-refractivity contribution in [2.24, 2.45) is 17.8 Å². The van der Waals surface area contributed by atoms with E-state index in [-0.39, 0.29) is 30.3 Å². The minimum absolute atomic E-state index is 0.00659. The van der Waals surface area contributed by atoms with Gasteiger partial charge in [-0.25, -0.2) is 4.79 Å². The number of fused-ring (bicyclic) bond motifs is 3. The summed E-state index contributed by atoms with van der Waals surface area (Å²) in [6.45, 7) is 0.00699. The maximum Gasteiger partial charge on any atom is 0.336 e. The lowest BCUT2D eigenvalue weighted by Gasteiger charge is -2.36. The van der Waals surface area contributed by atoms with Crippen molar-refractivity contribution in [1.82, 2.24) is 0 Å². The zero-order chi connectivity index (χ0) is 19.0. The number of rotatable bonds is 4. The molecule has 1 unspecified atom stereocenters. The molecule has 0 spiro atoms. The molecule has 0 amide bonds. The zero-order valence-corrected chi connectivity index (χ0v) is 15.2. The monoisotopic (exact) mass is 370 g/mol. The first-order valence-corrected chi connectivity index (χ1v) is 9.36. The van der Waals surface area contributed by atoms with E-state index in [1.54, 1.807) is 18.2 Å². The molecule has 3 atom stereocenters. The third-order valence-corrected chi connectivity index (χ3v) is 5.79. The molecule has 2 aromatic rings. The lowest BCUT2D eigenvalue weighted by atomic mass is 9.67. The molecule has 0 aliphatic heterocycles. The minimum Gasteiger partial charge on any atom is -0.497 e. The van der Waals surface area contributed by atoms with Crippen LogP contribution in [0.15, 0.2) is 33.5 Å². The molecular weight excluding hydrogens is 348 g/mol. The topological polar surface area (TPSA) is 82.8 Å². The van der Waals surface area contributed by atoms with E-state index in [1.807, 2.05) is 0 Å². The van der Waals surface area contributed by atoms with Crippen LogP contribution in [-0.4, -0.2) is 18.9 Å². The van der Waals surface area contributed by atoms with Gasteiger partial charge < -0.3 is 13.9 Å². The Hall–Kier alpha value is -2.63. The van der Waals surface area contributed by atoms with E-state index in [2.05, 4.69) is 0 Å². The first kappa shape index (κ1) is 17.8. The zero-order valence-electron chi connectivity index (χ0n) is 15.2. The first-order valence-electron chi connectivity index (χ1n) is 9.36. The van der Waals surface area contributed by atoms with Crippen LogP contribution >= 0.6 is 0 Å². The normalized spacial score (nSPS) is 24.6. The Labute approximate surface area is 156 Å². The molecule has 6 heteroatoms. The lowest BCUT2D eigenvalue weighted by molar-refractivity contribution is -0.154. The summed E-state index contributed by atoms with van der Waals surface area (Å²) in [5.41, 5.74) is 0.495. The molecule has 2 aliphatic rings. The van der Waals surface area contributed by atoms with E-state index >= 15 is 0 Å². The van der Waals surface area contributed by atoms with E-state index in [1.165, 1.54) is 13.2 Å². The molecular formula is C21H22O6. The standard InChI is InChI=1S/C21H22O6/c1-25-16-5-6-17-15(9-19(22)27-18(17)10-16)11-26-21(24)14-7-12-3-2-4-13(8-14)20(12)23/h5-6,9-10,12-14H,2-4,7-8,11H2,1H3/t12-,13+,14?. The van der Waals surface area contributed by atoms with Gasteiger partial charge in [0.05, 0.1) is 13.0 Å². The number of benzene rings is 1. The quantitative estimate of drug-likeness (QED) is 0.607. The number of Topliss-reactive ketones (excluding diaryl/α,β-unsaturated/α-hetero) is 1. The summed E-state index contributed by atoms with van der Waals surface area (Å²) in [6.07, 6.45) is 4.00. The summed E-state index contributed by atoms with van der Waals surface area (Å²) in [4.78, 5) is 36.6. The Balaban J connectivity index is 1.49. The van der Waals surface area contributed by atoms with Crippen molar-refractivity contribution in [1.29, 1.82) is 0 Å². The van der Waals surface area contributed by atoms with Crippen molar-refractivity contribution in [2.45, 2.75) is 38.7 Å². The Morgan fingerprint density at radius 3 is 2.59 bits per heavy atom. The number of hydrogen-bond acceptors (Lipinski definition) is 6. The second kappa shape index (κ2) is 7.18. The average molecular weight is 370 g/mol. The molecule has 1 aromatic carbocycles. The number of esters is 1. The highest BCUT2D eigenvalue weighted by Crippen LogP contribution is 2.40. The van der Waals surface area contributed by atoms with Gasteiger partial charge in [0.1, 0.15) is 23.7 Å². The van der Waals surface area contributed by atoms with Gasteiger partial charge in [-0.1, -0.05) is 6.42 Å². The van der Waals surface area contributed by atoms with E-state index in [9.17, 15) is 14.4 Å². The predicted molar refractivity (Wildman–Crippen MR) is 97.4 cm³/mol. The molecule has 4 rings (SSSR count). The molecule has 6 nitrogen and oxygen atoms in total. The number of methoxy groups -OCH3 is 1. The molecule has 27 heavy (non-hydrogen) atoms. The Bertz CT molecular complexity index is 927. The van der Waals surface area contributed by atoms with Crippen LogP contribution < -0.4 is 10.4 Å². The maximum absolute atomic E-state index is 12.6. The van der Waals surface area contributed by atoms with Crippen LogP contribution in [0.5, 0.6) is 5.75 Å². The van der Waals surface area contributed by atoms with Gasteiger partial charge in [0.25, 0.3) is 0 Å². The van der Waals surface area contributed by atoms with E-state index < -0.39 is 5.63 Å². The smallest absolute Gasteiger partial charge is 0.336 e. The highest BCUT2D eigenvalue weighted by molar-refractivity contribution is 5.87. The number of carbonyl (C=O) groups is 2. The van der Waals surface area contributed by atoms with E-state index in [0.717, 1.165) is 19.3 Å². The van der Waals surface area contributed by atoms with Crippen molar-refractivity contribution >= 4 is 22.7 Å². The van der Waals surface area contributed by atoms with Crippen molar-refractivity contribution in [3.8, 4) is 5.75 Å². The third kappa shape index (κ3) is 3.48. The highest BCUT2D eigenvalue weighted by Gasteiger charge is 2.41. The van der Waals surface area contributed by atoms with Gasteiger partial charge in [-0.05, 0) is 37.8 Å². The molecule has 1 heterocycles. The maximum atomic E-state index is 12.6. The summed E-state index contributed by atoms with van der Waals surface area (Å²) < 4.78 is 15.9. The molecule has 0 N–H and O–H groups in total. The average Bonchev–Trinajstić information content (AvgIpc) is 2.64. The van der Waals surface area contributed by atoms with Crippen LogP contribution in [0.3, 0.4) is 0 Å². The number of hydrogen-bond donors (Lipinski definition) is 0. The van der Waals surface area contributed by atoms with Crippen molar-refractivity contribution in [2.75, 3.05) is 7.11 Å². The van der Waals surface area contributed by atoms with Gasteiger partial charge in [0.2, 0.25) is 0 Å². The second-order valence-corrected chi connectivity index (χ2v) is 7.46. The summed E-state index contributed by atoms with van der Waals surface area (Å²) in [6, 6.07) is 6.53. The molecule has 1 aromatic heterocycles. The molecule has 0 saturated heterocycles. The Morgan fingerprint density at radius 1 is 1.15 bits per heavy atom. The first-order chi connectivity index (χ1) is 13.0. The third-order valence-electron chi connectivity index (χ3n) is 5.79. The summed E-state index contributed by atoms with van der Waals surface area (Å²) in [5.74, 6) is 0.405. The fourth-order valence-electron chi connectivity index (χ4n) is 4.40. The van der Waals surface area contributed by atoms with Crippen molar-refractivity contribution in [3.63, 3.8) is 0 Å². The van der Waals surface area contributed by atoms with Gasteiger partial charge in [-0.15, -0.1) is 0 Å². The van der Waals surface area contributed by atoms with Gasteiger partial charge in [0.15, 0.2) is 0 Å². The fourth-order valence-corrected chi connectivity index (χ4v) is 4.40. The van der Waals surface area contributed by atoms with Crippen LogP contribution in [0.2, 0.25) is 0 Å². The van der Waals surface area contributed by atoms with Crippen LogP contribution in [0, 0.1) is 17.8 Å². The van der Waals surface area contributed by atoms with Crippen LogP contribution in [0.1, 0.15) is 37.7 Å². The Morgan fingerprint density at radius 2 is 1.89 bits per heavy atom. The molecule has 2 fully saturated rings.